The lowest BCUT2D eigenvalue weighted by Gasteiger charge is -2.18. The van der Waals surface area contributed by atoms with Crippen molar-refractivity contribution < 1.29 is 14.6 Å². The summed E-state index contributed by atoms with van der Waals surface area (Å²) in [5.41, 5.74) is 1.03. The molecular formula is C12H20N2O3S. The number of aromatic nitrogens is 1. The summed E-state index contributed by atoms with van der Waals surface area (Å²) in [5, 5.41) is 12.0. The maximum Gasteiger partial charge on any atom is 0.332 e. The van der Waals surface area contributed by atoms with E-state index in [1.165, 1.54) is 0 Å². The monoisotopic (exact) mass is 272 g/mol. The number of rotatable bonds is 8. The van der Waals surface area contributed by atoms with Crippen LogP contribution in [0, 0.1) is 6.92 Å². The van der Waals surface area contributed by atoms with Gasteiger partial charge in [0.2, 0.25) is 0 Å². The molecule has 0 saturated carbocycles. The van der Waals surface area contributed by atoms with Gasteiger partial charge < -0.3 is 14.7 Å². The van der Waals surface area contributed by atoms with Crippen LogP contribution in [0.15, 0.2) is 5.38 Å². The highest BCUT2D eigenvalue weighted by Crippen LogP contribution is 2.10. The molecule has 18 heavy (non-hydrogen) atoms. The second kappa shape index (κ2) is 7.45. The van der Waals surface area contributed by atoms with E-state index >= 15 is 0 Å². The zero-order valence-corrected chi connectivity index (χ0v) is 11.9. The molecule has 5 nitrogen and oxygen atoms in total. The second-order valence-electron chi connectivity index (χ2n) is 4.17. The summed E-state index contributed by atoms with van der Waals surface area (Å²) in [6.07, 6.45) is -0.224. The minimum atomic E-state index is -0.894. The summed E-state index contributed by atoms with van der Waals surface area (Å²) in [6.45, 7) is 5.61. The zero-order valence-electron chi connectivity index (χ0n) is 11.0. The van der Waals surface area contributed by atoms with Crippen molar-refractivity contribution in [3.05, 3.63) is 16.1 Å². The molecule has 0 aromatic carbocycles. The number of carboxylic acid groups (broad SMARTS) is 1. The Morgan fingerprint density at radius 2 is 2.39 bits per heavy atom. The summed E-state index contributed by atoms with van der Waals surface area (Å²) in [4.78, 5) is 17.3. The molecule has 0 spiro atoms. The first kappa shape index (κ1) is 15.1. The third-order valence-electron chi connectivity index (χ3n) is 2.51. The van der Waals surface area contributed by atoms with Crippen LogP contribution < -0.4 is 0 Å². The first-order valence-electron chi connectivity index (χ1n) is 5.97. The number of ether oxygens (including phenoxy) is 1. The number of nitrogens with zero attached hydrogens (tertiary/aromatic N) is 2. The topological polar surface area (TPSA) is 62.7 Å². The smallest absolute Gasteiger partial charge is 0.332 e. The lowest BCUT2D eigenvalue weighted by Crippen LogP contribution is -2.30. The van der Waals surface area contributed by atoms with Crippen molar-refractivity contribution >= 4 is 17.3 Å². The molecule has 0 aliphatic heterocycles. The minimum absolute atomic E-state index is 0.423. The number of carboxylic acids is 1. The number of aryl methyl sites for hydroxylation is 1. The summed E-state index contributed by atoms with van der Waals surface area (Å²) < 4.78 is 5.17. The number of aliphatic carboxylic acids is 1. The molecule has 102 valence electrons. The lowest BCUT2D eigenvalue weighted by atomic mass is 10.2. The average Bonchev–Trinajstić information content (AvgIpc) is 2.69. The molecule has 1 heterocycles. The molecule has 0 bridgehead atoms. The van der Waals surface area contributed by atoms with E-state index in [2.05, 4.69) is 9.88 Å². The molecule has 6 heteroatoms. The molecule has 0 amide bonds. The average molecular weight is 272 g/mol. The molecule has 1 unspecified atom stereocenters. The molecule has 1 aromatic heterocycles. The third-order valence-corrected chi connectivity index (χ3v) is 3.34. The Labute approximate surface area is 111 Å². The van der Waals surface area contributed by atoms with Crippen molar-refractivity contribution in [3.8, 4) is 0 Å². The van der Waals surface area contributed by atoms with Crippen LogP contribution in [0.25, 0.3) is 0 Å². The van der Waals surface area contributed by atoms with E-state index in [0.717, 1.165) is 17.2 Å². The SMILES string of the molecule is CCOC(CCN(C)Cc1csc(C)n1)C(=O)O. The van der Waals surface area contributed by atoms with Crippen molar-refractivity contribution in [2.24, 2.45) is 0 Å². The Morgan fingerprint density at radius 1 is 1.67 bits per heavy atom. The molecular weight excluding hydrogens is 252 g/mol. The highest BCUT2D eigenvalue weighted by Gasteiger charge is 2.17. The highest BCUT2D eigenvalue weighted by molar-refractivity contribution is 7.09. The Bertz CT molecular complexity index is 381. The van der Waals surface area contributed by atoms with Crippen LogP contribution in [-0.2, 0) is 16.1 Å². The van der Waals surface area contributed by atoms with Crippen molar-refractivity contribution in [2.45, 2.75) is 32.9 Å². The molecule has 0 aliphatic carbocycles. The van der Waals surface area contributed by atoms with Crippen molar-refractivity contribution in [1.29, 1.82) is 0 Å². The predicted octanol–water partition coefficient (Wildman–Crippen LogP) is 1.76. The number of hydrogen-bond acceptors (Lipinski definition) is 5. The third kappa shape index (κ3) is 5.12. The fourth-order valence-electron chi connectivity index (χ4n) is 1.65. The van der Waals surface area contributed by atoms with Crippen LogP contribution in [0.4, 0.5) is 0 Å². The summed E-state index contributed by atoms with van der Waals surface area (Å²) >= 11 is 1.63. The van der Waals surface area contributed by atoms with Gasteiger partial charge in [-0.2, -0.15) is 0 Å². The molecule has 0 saturated heterocycles. The van der Waals surface area contributed by atoms with Crippen LogP contribution in [0.2, 0.25) is 0 Å². The molecule has 1 atom stereocenters. The van der Waals surface area contributed by atoms with Crippen molar-refractivity contribution in [1.82, 2.24) is 9.88 Å². The fraction of sp³-hybridized carbons (Fsp3) is 0.667. The van der Waals surface area contributed by atoms with E-state index in [4.69, 9.17) is 9.84 Å². The largest absolute Gasteiger partial charge is 0.479 e. The Kier molecular flexibility index (Phi) is 6.24. The summed E-state index contributed by atoms with van der Waals surface area (Å²) in [7, 11) is 1.96. The van der Waals surface area contributed by atoms with Gasteiger partial charge in [-0.3, -0.25) is 0 Å². The molecule has 0 aliphatic rings. The first-order chi connectivity index (χ1) is 8.52. The van der Waals surface area contributed by atoms with Gasteiger partial charge in [0.15, 0.2) is 6.10 Å². The van der Waals surface area contributed by atoms with Gasteiger partial charge in [0.1, 0.15) is 0 Å². The maximum atomic E-state index is 10.9. The fourth-order valence-corrected chi connectivity index (χ4v) is 2.26. The van der Waals surface area contributed by atoms with Gasteiger partial charge in [-0.15, -0.1) is 11.3 Å². The van der Waals surface area contributed by atoms with Gasteiger partial charge in [-0.05, 0) is 27.3 Å². The van der Waals surface area contributed by atoms with E-state index in [9.17, 15) is 4.79 Å². The van der Waals surface area contributed by atoms with Gasteiger partial charge in [-0.1, -0.05) is 0 Å². The molecule has 0 fully saturated rings. The Balaban J connectivity index is 2.35. The molecule has 1 rings (SSSR count). The van der Waals surface area contributed by atoms with E-state index in [1.807, 2.05) is 19.4 Å². The molecule has 1 N–H and O–H groups in total. The summed E-state index contributed by atoms with van der Waals surface area (Å²) in [5.74, 6) is -0.894. The van der Waals surface area contributed by atoms with Crippen molar-refractivity contribution in [2.75, 3.05) is 20.2 Å². The number of carbonyl (C=O) groups is 1. The number of thiazole rings is 1. The lowest BCUT2D eigenvalue weighted by molar-refractivity contribution is -0.150. The minimum Gasteiger partial charge on any atom is -0.479 e. The van der Waals surface area contributed by atoms with E-state index in [-0.39, 0.29) is 0 Å². The molecule has 1 aromatic rings. The van der Waals surface area contributed by atoms with Crippen LogP contribution in [0.1, 0.15) is 24.0 Å². The van der Waals surface area contributed by atoms with Gasteiger partial charge in [0, 0.05) is 25.1 Å². The van der Waals surface area contributed by atoms with Crippen LogP contribution in [0.5, 0.6) is 0 Å². The quantitative estimate of drug-likeness (QED) is 0.781. The van der Waals surface area contributed by atoms with Gasteiger partial charge in [0.25, 0.3) is 0 Å². The normalized spacial score (nSPS) is 12.9. The predicted molar refractivity (Wildman–Crippen MR) is 70.9 cm³/mol. The van der Waals surface area contributed by atoms with Gasteiger partial charge in [0.05, 0.1) is 10.7 Å². The summed E-state index contributed by atoms with van der Waals surface area (Å²) in [6, 6.07) is 0. The van der Waals surface area contributed by atoms with E-state index in [1.54, 1.807) is 18.3 Å². The first-order valence-corrected chi connectivity index (χ1v) is 6.84. The van der Waals surface area contributed by atoms with Crippen LogP contribution in [0.3, 0.4) is 0 Å². The zero-order chi connectivity index (χ0) is 13.5. The Hall–Kier alpha value is -0.980. The van der Waals surface area contributed by atoms with E-state index < -0.39 is 12.1 Å². The van der Waals surface area contributed by atoms with Crippen molar-refractivity contribution in [3.63, 3.8) is 0 Å². The molecule has 0 radical (unpaired) electrons. The number of hydrogen-bond donors (Lipinski definition) is 1. The van der Waals surface area contributed by atoms with E-state index in [0.29, 0.717) is 19.6 Å². The van der Waals surface area contributed by atoms with Crippen LogP contribution in [-0.4, -0.2) is 47.3 Å². The second-order valence-corrected chi connectivity index (χ2v) is 5.23. The van der Waals surface area contributed by atoms with Crippen LogP contribution >= 0.6 is 11.3 Å². The Morgan fingerprint density at radius 3 is 2.89 bits per heavy atom. The standard InChI is InChI=1S/C12H20N2O3S/c1-4-17-11(12(15)16)5-6-14(3)7-10-8-18-9(2)13-10/h8,11H,4-7H2,1-3H3,(H,15,16). The van der Waals surface area contributed by atoms with Gasteiger partial charge in [-0.25, -0.2) is 9.78 Å². The highest BCUT2D eigenvalue weighted by atomic mass is 32.1. The van der Waals surface area contributed by atoms with Gasteiger partial charge >= 0.3 is 5.97 Å². The maximum absolute atomic E-state index is 10.9.